The van der Waals surface area contributed by atoms with Gasteiger partial charge in [0.1, 0.15) is 10.8 Å². The van der Waals surface area contributed by atoms with E-state index in [1.807, 2.05) is 49.4 Å². The number of allylic oxidation sites excluding steroid dienone is 8. The lowest BCUT2D eigenvalue weighted by atomic mass is 9.98. The van der Waals surface area contributed by atoms with Crippen LogP contribution >= 0.6 is 21.6 Å². The normalized spacial score (nSPS) is 14.8. The minimum absolute atomic E-state index is 0.0678. The predicted octanol–water partition coefficient (Wildman–Crippen LogP) is 17.6. The van der Waals surface area contributed by atoms with Crippen LogP contribution in [0.25, 0.3) is 0 Å². The summed E-state index contributed by atoms with van der Waals surface area (Å²) in [5.41, 5.74) is 4.26. The zero-order chi connectivity index (χ0) is 55.7. The first-order valence-electron chi connectivity index (χ1n) is 31.0. The maximum absolute atomic E-state index is 12.6. The molecule has 1 aliphatic heterocycles. The lowest BCUT2D eigenvalue weighted by molar-refractivity contribution is -0.180. The first kappa shape index (κ1) is 68.6. The molecule has 2 amide bonds. The lowest BCUT2D eigenvalue weighted by Gasteiger charge is -2.29. The van der Waals surface area contributed by atoms with Crippen LogP contribution in [0.4, 0.5) is 0 Å². The fourth-order valence-electron chi connectivity index (χ4n) is 9.41. The SMILES string of the molecule is CCCCC/C=C\C/C=C\CCCCCCCCC1(CCCCCCCC/C=C\C/C=C\CCCCC)OC[C@H](CN(C)CCCCCNC(=O)CCCOc2ccc(/C(C)=N/NC(=O)CCSSc3ccccn3)cc2)O1. The van der Waals surface area contributed by atoms with Crippen LogP contribution in [0.1, 0.15) is 232 Å². The number of amides is 2. The molecule has 10 nitrogen and oxygen atoms in total. The van der Waals surface area contributed by atoms with E-state index in [-0.39, 0.29) is 17.9 Å². The molecule has 2 aromatic rings. The van der Waals surface area contributed by atoms with Crippen molar-refractivity contribution in [1.29, 1.82) is 0 Å². The molecule has 2 N–H and O–H groups in total. The number of likely N-dealkylation sites (N-methyl/N-ethyl adjacent to an activating group) is 1. The highest BCUT2D eigenvalue weighted by Gasteiger charge is 2.40. The van der Waals surface area contributed by atoms with Crippen molar-refractivity contribution < 1.29 is 23.8 Å². The van der Waals surface area contributed by atoms with Crippen LogP contribution in [0, 0.1) is 0 Å². The number of ether oxygens (including phenoxy) is 3. The number of hydrazone groups is 1. The predicted molar refractivity (Wildman–Crippen MR) is 335 cm³/mol. The third-order valence-electron chi connectivity index (χ3n) is 14.1. The summed E-state index contributed by atoms with van der Waals surface area (Å²) in [5, 5.41) is 8.29. The van der Waals surface area contributed by atoms with Crippen LogP contribution < -0.4 is 15.5 Å². The summed E-state index contributed by atoms with van der Waals surface area (Å²) < 4.78 is 19.4. The first-order chi connectivity index (χ1) is 38.3. The highest BCUT2D eigenvalue weighted by Crippen LogP contribution is 2.35. The first-order valence-corrected chi connectivity index (χ1v) is 33.3. The molecule has 0 spiro atoms. The van der Waals surface area contributed by atoms with Crippen molar-refractivity contribution in [2.24, 2.45) is 5.10 Å². The Hall–Kier alpha value is -3.68. The average molecular weight is 1110 g/mol. The quantitative estimate of drug-likeness (QED) is 0.0220. The molecule has 2 heterocycles. The number of unbranched alkanes of at least 4 members (excludes halogenated alkanes) is 20. The molecule has 78 heavy (non-hydrogen) atoms. The Kier molecular flexibility index (Phi) is 42.3. The summed E-state index contributed by atoms with van der Waals surface area (Å²) in [6.07, 6.45) is 57.4. The molecule has 0 bridgehead atoms. The molecule has 0 saturated carbocycles. The van der Waals surface area contributed by atoms with Gasteiger partial charge in [0, 0.05) is 50.7 Å². The van der Waals surface area contributed by atoms with Gasteiger partial charge in [-0.3, -0.25) is 9.59 Å². The molecule has 0 aliphatic carbocycles. The molecule has 0 unspecified atom stereocenters. The van der Waals surface area contributed by atoms with Gasteiger partial charge in [-0.2, -0.15) is 5.10 Å². The van der Waals surface area contributed by atoms with E-state index in [1.165, 1.54) is 141 Å². The Morgan fingerprint density at radius 3 is 1.86 bits per heavy atom. The van der Waals surface area contributed by atoms with E-state index in [2.05, 4.69) is 95.2 Å². The summed E-state index contributed by atoms with van der Waals surface area (Å²) in [7, 11) is 5.36. The summed E-state index contributed by atoms with van der Waals surface area (Å²) in [4.78, 5) is 31.5. The highest BCUT2D eigenvalue weighted by molar-refractivity contribution is 8.76. The number of hydrogen-bond acceptors (Lipinski definition) is 10. The van der Waals surface area contributed by atoms with Crippen molar-refractivity contribution in [2.75, 3.05) is 45.6 Å². The van der Waals surface area contributed by atoms with Crippen molar-refractivity contribution in [1.82, 2.24) is 20.6 Å². The minimum Gasteiger partial charge on any atom is -0.494 e. The molecule has 1 saturated heterocycles. The van der Waals surface area contributed by atoms with Gasteiger partial charge in [-0.15, -0.1) is 0 Å². The van der Waals surface area contributed by atoms with E-state index < -0.39 is 5.79 Å². The number of nitrogens with zero attached hydrogens (tertiary/aromatic N) is 3. The number of nitrogens with one attached hydrogen (secondary N) is 2. The second-order valence-corrected chi connectivity index (χ2v) is 23.8. The van der Waals surface area contributed by atoms with Gasteiger partial charge < -0.3 is 24.4 Å². The zero-order valence-electron chi connectivity index (χ0n) is 49.4. The molecule has 1 aromatic heterocycles. The maximum Gasteiger partial charge on any atom is 0.240 e. The van der Waals surface area contributed by atoms with E-state index in [1.54, 1.807) is 27.8 Å². The van der Waals surface area contributed by atoms with E-state index >= 15 is 0 Å². The molecule has 3 rings (SSSR count). The average Bonchev–Trinajstić information content (AvgIpc) is 3.85. The van der Waals surface area contributed by atoms with Gasteiger partial charge in [0.2, 0.25) is 11.8 Å². The summed E-state index contributed by atoms with van der Waals surface area (Å²) in [5.74, 6) is 0.918. The molecule has 1 aromatic carbocycles. The number of rotatable bonds is 50. The van der Waals surface area contributed by atoms with Gasteiger partial charge in [-0.25, -0.2) is 10.4 Å². The van der Waals surface area contributed by atoms with Gasteiger partial charge in [0.15, 0.2) is 5.79 Å². The van der Waals surface area contributed by atoms with E-state index in [4.69, 9.17) is 14.2 Å². The summed E-state index contributed by atoms with van der Waals surface area (Å²) in [6, 6.07) is 13.4. The van der Waals surface area contributed by atoms with Gasteiger partial charge >= 0.3 is 0 Å². The molecule has 1 atom stereocenters. The second-order valence-electron chi connectivity index (χ2n) is 21.3. The third-order valence-corrected chi connectivity index (χ3v) is 16.4. The topological polar surface area (TPSA) is 114 Å². The Labute approximate surface area is 483 Å². The fraction of sp³-hybridized carbons (Fsp3) is 0.667. The number of aromatic nitrogens is 1. The molecule has 12 heteroatoms. The van der Waals surface area contributed by atoms with Crippen LogP contribution in [0.5, 0.6) is 5.75 Å². The van der Waals surface area contributed by atoms with E-state index in [0.29, 0.717) is 50.5 Å². The minimum atomic E-state index is -0.426. The molecular weight excluding hydrogens is 1010 g/mol. The zero-order valence-corrected chi connectivity index (χ0v) is 51.0. The monoisotopic (exact) mass is 1110 g/mol. The summed E-state index contributed by atoms with van der Waals surface area (Å²) >= 11 is 0. The number of carbonyl (C=O) groups excluding carboxylic acids is 2. The van der Waals surface area contributed by atoms with Crippen molar-refractivity contribution >= 4 is 39.1 Å². The maximum atomic E-state index is 12.6. The van der Waals surface area contributed by atoms with E-state index in [0.717, 1.165) is 74.4 Å². The van der Waals surface area contributed by atoms with Crippen molar-refractivity contribution in [3.63, 3.8) is 0 Å². The van der Waals surface area contributed by atoms with Crippen molar-refractivity contribution in [2.45, 2.75) is 243 Å². The number of pyridine rings is 1. The molecular formula is C66H107N5O5S2. The van der Waals surface area contributed by atoms with E-state index in [9.17, 15) is 9.59 Å². The number of carbonyl (C=O) groups is 2. The number of hydrogen-bond donors (Lipinski definition) is 2. The second kappa shape index (κ2) is 48.1. The lowest BCUT2D eigenvalue weighted by Crippen LogP contribution is -2.35. The Morgan fingerprint density at radius 2 is 1.27 bits per heavy atom. The number of benzene rings is 1. The largest absolute Gasteiger partial charge is 0.494 e. The van der Waals surface area contributed by atoms with Gasteiger partial charge in [-0.05, 0) is 170 Å². The van der Waals surface area contributed by atoms with Gasteiger partial charge in [-0.1, -0.05) is 163 Å². The van der Waals surface area contributed by atoms with Crippen LogP contribution in [0.15, 0.2) is 107 Å². The van der Waals surface area contributed by atoms with Crippen molar-refractivity contribution in [3.8, 4) is 5.75 Å². The molecule has 1 aliphatic rings. The van der Waals surface area contributed by atoms with Crippen LogP contribution in [-0.2, 0) is 19.1 Å². The smallest absolute Gasteiger partial charge is 0.240 e. The fourth-order valence-corrected chi connectivity index (χ4v) is 11.3. The third kappa shape index (κ3) is 37.3. The summed E-state index contributed by atoms with van der Waals surface area (Å²) in [6.45, 7) is 10.1. The molecule has 1 fully saturated rings. The van der Waals surface area contributed by atoms with Gasteiger partial charge in [0.25, 0.3) is 0 Å². The van der Waals surface area contributed by atoms with Crippen molar-refractivity contribution in [3.05, 3.63) is 103 Å². The Morgan fingerprint density at radius 1 is 0.692 bits per heavy atom. The molecule has 0 radical (unpaired) electrons. The standard InChI is InChI=1S/C66H107N5O5S2/c1-5-7-9-11-13-15-17-19-21-23-25-27-29-31-33-37-50-66(51-38-34-32-30-28-26-24-22-20-18-16-14-12-10-8-6-2)75-58-62(76-66)57-71(4)54-41-35-39-52-67-63(72)43-42-55-74-61-47-45-60(46-48-61)59(3)69-70-64(73)49-56-77-78-65-44-36-40-53-68-65/h13-16,19-22,36,40,44-48,53,62H,5-12,17-18,23-35,37-39,41-43,49-52,54-58H2,1-4H3,(H,67,72)(H,70,73)/b15-13-,16-14-,21-19-,22-20-,69-59+/t62-/m0/s1. The van der Waals surface area contributed by atoms with Crippen LogP contribution in [-0.4, -0.2) is 84.9 Å². The van der Waals surface area contributed by atoms with Crippen LogP contribution in [0.2, 0.25) is 0 Å². The Balaban J connectivity index is 1.25. The van der Waals surface area contributed by atoms with Crippen LogP contribution in [0.3, 0.4) is 0 Å². The highest BCUT2D eigenvalue weighted by atomic mass is 33.1. The molecule has 438 valence electrons. The van der Waals surface area contributed by atoms with Gasteiger partial charge in [0.05, 0.1) is 25.0 Å². The Bertz CT molecular complexity index is 1880.